The molecule has 5 rings (SSSR count). The zero-order valence-corrected chi connectivity index (χ0v) is 27.6. The van der Waals surface area contributed by atoms with E-state index >= 15 is 0 Å². The van der Waals surface area contributed by atoms with E-state index in [1.54, 1.807) is 0 Å². The third kappa shape index (κ3) is 4.22. The Morgan fingerprint density at radius 1 is 0.975 bits per heavy atom. The molecule has 0 amide bonds. The van der Waals surface area contributed by atoms with Crippen molar-refractivity contribution in [2.45, 2.75) is 126 Å². The lowest BCUT2D eigenvalue weighted by atomic mass is 9.33. The van der Waals surface area contributed by atoms with Gasteiger partial charge in [0.2, 0.25) is 0 Å². The predicted molar refractivity (Wildman–Crippen MR) is 164 cm³/mol. The highest BCUT2D eigenvalue weighted by Gasteiger charge is 2.70. The van der Waals surface area contributed by atoms with Gasteiger partial charge in [0.15, 0.2) is 0 Å². The molecule has 0 unspecified atom stereocenters. The van der Waals surface area contributed by atoms with Gasteiger partial charge < -0.3 is 15.1 Å². The number of nitrogens with zero attached hydrogens (tertiary/aromatic N) is 1. The molecule has 5 aliphatic rings. The average molecular weight is 556 g/mol. The van der Waals surface area contributed by atoms with Crippen LogP contribution in [0.4, 0.5) is 0 Å². The number of rotatable bonds is 5. The number of carboxylic acid groups (broad SMARTS) is 1. The second-order valence-corrected chi connectivity index (χ2v) is 18.0. The monoisotopic (exact) mass is 555 g/mol. The first-order chi connectivity index (χ1) is 18.3. The molecular formula is C36H61NO3. The Bertz CT molecular complexity index is 1040. The van der Waals surface area contributed by atoms with Crippen LogP contribution in [0.1, 0.15) is 120 Å². The Kier molecular flexibility index (Phi) is 7.31. The van der Waals surface area contributed by atoms with Crippen molar-refractivity contribution in [2.75, 3.05) is 20.1 Å². The first-order valence-electron chi connectivity index (χ1n) is 16.6. The van der Waals surface area contributed by atoms with E-state index in [0.29, 0.717) is 17.8 Å². The van der Waals surface area contributed by atoms with Crippen LogP contribution in [0.15, 0.2) is 11.6 Å². The molecule has 0 aromatic heterocycles. The highest BCUT2D eigenvalue weighted by Crippen LogP contribution is 2.76. The van der Waals surface area contributed by atoms with Crippen molar-refractivity contribution in [3.63, 3.8) is 0 Å². The Hall–Kier alpha value is -0.870. The molecule has 0 saturated heterocycles. The largest absolute Gasteiger partial charge is 0.481 e. The van der Waals surface area contributed by atoms with Gasteiger partial charge in [0.05, 0.1) is 11.5 Å². The molecule has 0 heterocycles. The fraction of sp³-hybridized carbons (Fsp3) is 0.917. The SMILES string of the molecule is CC(C)CN(C)C[C@@H]1C[C@]2(C)[C@H]3CC=C4[C@@H]5CC(C)(C)CC[C@]5(C(=O)O)CC[C@@]4(C)[C@]3(C)CC[C@H]2C(C)(C)[C@H]1O. The van der Waals surface area contributed by atoms with E-state index in [0.717, 1.165) is 58.0 Å². The van der Waals surface area contributed by atoms with Crippen molar-refractivity contribution in [1.29, 1.82) is 0 Å². The van der Waals surface area contributed by atoms with Gasteiger partial charge in [-0.15, -0.1) is 0 Å². The van der Waals surface area contributed by atoms with E-state index < -0.39 is 11.4 Å². The lowest BCUT2D eigenvalue weighted by Crippen LogP contribution is -2.66. The van der Waals surface area contributed by atoms with Crippen molar-refractivity contribution < 1.29 is 15.0 Å². The average Bonchev–Trinajstić information content (AvgIpc) is 2.81. The number of aliphatic carboxylic acids is 1. The lowest BCUT2D eigenvalue weighted by molar-refractivity contribution is -0.221. The minimum absolute atomic E-state index is 0.0467. The van der Waals surface area contributed by atoms with Gasteiger partial charge in [-0.25, -0.2) is 0 Å². The minimum Gasteiger partial charge on any atom is -0.481 e. The Morgan fingerprint density at radius 3 is 2.25 bits per heavy atom. The number of hydrogen-bond donors (Lipinski definition) is 2. The Morgan fingerprint density at radius 2 is 1.62 bits per heavy atom. The predicted octanol–water partition coefficient (Wildman–Crippen LogP) is 8.05. The topological polar surface area (TPSA) is 60.8 Å². The molecule has 4 heteroatoms. The van der Waals surface area contributed by atoms with E-state index in [2.05, 4.69) is 80.3 Å². The second-order valence-electron chi connectivity index (χ2n) is 18.0. The van der Waals surface area contributed by atoms with E-state index in [1.807, 2.05) is 0 Å². The summed E-state index contributed by atoms with van der Waals surface area (Å²) in [5, 5.41) is 22.4. The fourth-order valence-electron chi connectivity index (χ4n) is 12.3. The molecule has 9 atom stereocenters. The zero-order chi connectivity index (χ0) is 29.7. The van der Waals surface area contributed by atoms with Gasteiger partial charge in [-0.2, -0.15) is 0 Å². The normalized spacial score (nSPS) is 47.5. The Balaban J connectivity index is 1.54. The maximum absolute atomic E-state index is 12.9. The third-order valence-electron chi connectivity index (χ3n) is 14.4. The maximum atomic E-state index is 12.9. The van der Waals surface area contributed by atoms with Crippen molar-refractivity contribution >= 4 is 5.97 Å². The van der Waals surface area contributed by atoms with E-state index in [9.17, 15) is 15.0 Å². The van der Waals surface area contributed by atoms with Crippen LogP contribution in [0.2, 0.25) is 0 Å². The van der Waals surface area contributed by atoms with Crippen LogP contribution in [0, 0.1) is 62.1 Å². The molecule has 5 aliphatic carbocycles. The number of hydrogen-bond acceptors (Lipinski definition) is 3. The quantitative estimate of drug-likeness (QED) is 0.337. The second kappa shape index (κ2) is 9.57. The summed E-state index contributed by atoms with van der Waals surface area (Å²) in [4.78, 5) is 15.4. The molecule has 228 valence electrons. The molecule has 2 N–H and O–H groups in total. The van der Waals surface area contributed by atoms with Gasteiger partial charge in [0.1, 0.15) is 0 Å². The molecule has 4 saturated carbocycles. The molecule has 0 radical (unpaired) electrons. The molecule has 0 aromatic rings. The summed E-state index contributed by atoms with van der Waals surface area (Å²) < 4.78 is 0. The van der Waals surface area contributed by atoms with Gasteiger partial charge in [0.25, 0.3) is 0 Å². The number of allylic oxidation sites excluding steroid dienone is 2. The van der Waals surface area contributed by atoms with Crippen molar-refractivity contribution in [3.8, 4) is 0 Å². The lowest BCUT2D eigenvalue weighted by Gasteiger charge is -2.71. The number of aliphatic hydroxyl groups excluding tert-OH is 1. The van der Waals surface area contributed by atoms with Crippen LogP contribution in [-0.2, 0) is 4.79 Å². The highest BCUT2D eigenvalue weighted by molar-refractivity contribution is 5.76. The first kappa shape index (κ1) is 30.6. The number of carboxylic acids is 1. The molecule has 0 spiro atoms. The standard InChI is InChI=1S/C36H61NO3/c1-23(2)21-37(10)22-24-19-33(7)27(32(5,6)29(24)38)13-14-35(9)28(33)12-11-25-26-20-31(3,4)15-17-36(26,30(39)40)18-16-34(25,35)8/h11,23-24,26-29,38H,12-22H2,1-10H3,(H,39,40)/t24-,26-,27-,28+,29-,33-,34+,35+,36-/m0/s1. The van der Waals surface area contributed by atoms with Gasteiger partial charge in [-0.3, -0.25) is 4.79 Å². The maximum Gasteiger partial charge on any atom is 0.310 e. The van der Waals surface area contributed by atoms with Crippen molar-refractivity contribution in [2.24, 2.45) is 62.1 Å². The number of aliphatic hydroxyl groups is 1. The van der Waals surface area contributed by atoms with Crippen LogP contribution in [0.3, 0.4) is 0 Å². The molecule has 0 bridgehead atoms. The van der Waals surface area contributed by atoms with Crippen LogP contribution < -0.4 is 0 Å². The fourth-order valence-corrected chi connectivity index (χ4v) is 12.3. The summed E-state index contributed by atoms with van der Waals surface area (Å²) >= 11 is 0. The summed E-state index contributed by atoms with van der Waals surface area (Å²) in [6.45, 7) is 23.8. The zero-order valence-electron chi connectivity index (χ0n) is 27.6. The smallest absolute Gasteiger partial charge is 0.310 e. The van der Waals surface area contributed by atoms with Crippen LogP contribution in [0.25, 0.3) is 0 Å². The molecule has 4 fully saturated rings. The van der Waals surface area contributed by atoms with E-state index in [4.69, 9.17) is 0 Å². The van der Waals surface area contributed by atoms with E-state index in [-0.39, 0.29) is 45.0 Å². The minimum atomic E-state index is -0.575. The van der Waals surface area contributed by atoms with Gasteiger partial charge in [0, 0.05) is 13.1 Å². The van der Waals surface area contributed by atoms with Gasteiger partial charge in [-0.05, 0) is 121 Å². The summed E-state index contributed by atoms with van der Waals surface area (Å²) in [6.07, 6.45) is 11.5. The highest BCUT2D eigenvalue weighted by atomic mass is 16.4. The number of carbonyl (C=O) groups is 1. The van der Waals surface area contributed by atoms with Gasteiger partial charge in [-0.1, -0.05) is 74.0 Å². The summed E-state index contributed by atoms with van der Waals surface area (Å²) in [5.41, 5.74) is 1.39. The van der Waals surface area contributed by atoms with Crippen LogP contribution >= 0.6 is 0 Å². The van der Waals surface area contributed by atoms with Gasteiger partial charge >= 0.3 is 5.97 Å². The Labute approximate surface area is 245 Å². The van der Waals surface area contributed by atoms with Crippen molar-refractivity contribution in [1.82, 2.24) is 4.90 Å². The summed E-state index contributed by atoms with van der Waals surface area (Å²) in [7, 11) is 2.23. The van der Waals surface area contributed by atoms with Crippen LogP contribution in [-0.4, -0.2) is 47.3 Å². The third-order valence-corrected chi connectivity index (χ3v) is 14.4. The molecule has 0 aromatic carbocycles. The van der Waals surface area contributed by atoms with Crippen molar-refractivity contribution in [3.05, 3.63) is 11.6 Å². The van der Waals surface area contributed by atoms with Crippen LogP contribution in [0.5, 0.6) is 0 Å². The number of fused-ring (bicyclic) bond motifs is 7. The molecule has 0 aliphatic heterocycles. The summed E-state index contributed by atoms with van der Waals surface area (Å²) in [5.74, 6) is 1.59. The summed E-state index contributed by atoms with van der Waals surface area (Å²) in [6, 6.07) is 0. The molecule has 40 heavy (non-hydrogen) atoms. The molecule has 4 nitrogen and oxygen atoms in total. The first-order valence-corrected chi connectivity index (χ1v) is 16.6. The molecular weight excluding hydrogens is 494 g/mol. The van der Waals surface area contributed by atoms with E-state index in [1.165, 1.54) is 18.4 Å².